The average Bonchev–Trinajstić information content (AvgIpc) is 3.49. The van der Waals surface area contributed by atoms with Gasteiger partial charge in [-0.1, -0.05) is 30.3 Å². The summed E-state index contributed by atoms with van der Waals surface area (Å²) in [5, 5.41) is 6.27. The Labute approximate surface area is 229 Å². The van der Waals surface area contributed by atoms with Crippen LogP contribution in [0.1, 0.15) is 46.4 Å². The second-order valence-electron chi connectivity index (χ2n) is 9.75. The van der Waals surface area contributed by atoms with Crippen molar-refractivity contribution >= 4 is 28.8 Å². The number of aromatic nitrogens is 2. The number of hydrogen-bond acceptors (Lipinski definition) is 8. The fourth-order valence-electron chi connectivity index (χ4n) is 5.15. The van der Waals surface area contributed by atoms with E-state index in [0.29, 0.717) is 29.5 Å². The molecule has 0 spiro atoms. The topological polar surface area (TPSA) is 118 Å². The number of aryl methyl sites for hydroxylation is 1. The van der Waals surface area contributed by atoms with Crippen LogP contribution in [0.4, 0.5) is 11.6 Å². The summed E-state index contributed by atoms with van der Waals surface area (Å²) in [6, 6.07) is 15.3. The van der Waals surface area contributed by atoms with Crippen LogP contribution < -0.4 is 21.1 Å². The molecule has 0 unspecified atom stereocenters. The van der Waals surface area contributed by atoms with Gasteiger partial charge in [-0.25, -0.2) is 9.97 Å². The van der Waals surface area contributed by atoms with E-state index in [2.05, 4.69) is 25.5 Å². The number of nitrogens with two attached hydrogens (primary N) is 1. The molecule has 1 aliphatic carbocycles. The first-order chi connectivity index (χ1) is 19.1. The van der Waals surface area contributed by atoms with Gasteiger partial charge in [0, 0.05) is 48.7 Å². The summed E-state index contributed by atoms with van der Waals surface area (Å²) in [6.45, 7) is 3.71. The number of nitrogens with one attached hydrogen (secondary N) is 2. The number of ether oxygens (including phenoxy) is 1. The Bertz CT molecular complexity index is 1400. The molecule has 9 nitrogen and oxygen atoms in total. The maximum absolute atomic E-state index is 12.7. The van der Waals surface area contributed by atoms with Crippen molar-refractivity contribution in [2.24, 2.45) is 10.7 Å². The number of allylic oxidation sites excluding steroid dienone is 2. The van der Waals surface area contributed by atoms with Crippen LogP contribution in [0.25, 0.3) is 5.57 Å². The minimum atomic E-state index is -0.123. The number of likely N-dealkylation sites (tertiary alicyclic amines) is 1. The predicted molar refractivity (Wildman–Crippen MR) is 155 cm³/mol. The lowest BCUT2D eigenvalue weighted by Crippen LogP contribution is -2.33. The standard InChI is InChI=1S/C30H35N7O2/c1-32-27(20-8-4-3-5-9-20)26-23(31)12-10-22-19-34-30(36-28(22)26)35-24-13-11-21(18-25(24)39-2)29(38)33-14-17-37-15-6-7-16-37/h3-5,8-9,11,13,18-19H,6-7,10,12,14-17,31H2,1-2H3,(H,33,38)(H,34,35,36). The zero-order chi connectivity index (χ0) is 27.2. The summed E-state index contributed by atoms with van der Waals surface area (Å²) in [5.41, 5.74) is 12.9. The van der Waals surface area contributed by atoms with Gasteiger partial charge in [-0.2, -0.15) is 0 Å². The third-order valence-electron chi connectivity index (χ3n) is 7.22. The highest BCUT2D eigenvalue weighted by Gasteiger charge is 2.25. The van der Waals surface area contributed by atoms with E-state index in [4.69, 9.17) is 15.5 Å². The summed E-state index contributed by atoms with van der Waals surface area (Å²) in [6.07, 6.45) is 5.79. The summed E-state index contributed by atoms with van der Waals surface area (Å²) >= 11 is 0. The molecule has 1 aromatic heterocycles. The molecule has 0 atom stereocenters. The maximum atomic E-state index is 12.7. The van der Waals surface area contributed by atoms with Crippen molar-refractivity contribution < 1.29 is 9.53 Å². The number of hydrogen-bond donors (Lipinski definition) is 3. The number of fused-ring (bicyclic) bond motifs is 1. The first-order valence-corrected chi connectivity index (χ1v) is 13.4. The minimum absolute atomic E-state index is 0.123. The molecule has 0 bridgehead atoms. The number of carbonyl (C=O) groups is 1. The number of carbonyl (C=O) groups excluding carboxylic acids is 1. The summed E-state index contributed by atoms with van der Waals surface area (Å²) in [7, 11) is 3.35. The highest BCUT2D eigenvalue weighted by Crippen LogP contribution is 2.33. The Kier molecular flexibility index (Phi) is 8.17. The Balaban J connectivity index is 1.35. The molecule has 1 aliphatic heterocycles. The van der Waals surface area contributed by atoms with Gasteiger partial charge in [0.25, 0.3) is 5.91 Å². The zero-order valence-electron chi connectivity index (χ0n) is 22.5. The van der Waals surface area contributed by atoms with Gasteiger partial charge in [0.1, 0.15) is 5.75 Å². The summed E-state index contributed by atoms with van der Waals surface area (Å²) in [4.78, 5) is 29.1. The van der Waals surface area contributed by atoms with Crippen LogP contribution in [0.5, 0.6) is 5.75 Å². The fourth-order valence-corrected chi connectivity index (χ4v) is 5.15. The third kappa shape index (κ3) is 5.93. The van der Waals surface area contributed by atoms with Gasteiger partial charge in [0.15, 0.2) is 0 Å². The molecule has 9 heteroatoms. The fraction of sp³-hybridized carbons (Fsp3) is 0.333. The quantitative estimate of drug-likeness (QED) is 0.364. The normalized spacial score (nSPS) is 15.7. The van der Waals surface area contributed by atoms with Crippen molar-refractivity contribution in [3.05, 3.63) is 82.8 Å². The van der Waals surface area contributed by atoms with Gasteiger partial charge in [-0.15, -0.1) is 0 Å². The molecule has 2 aliphatic rings. The molecule has 1 amide bonds. The second kappa shape index (κ2) is 12.1. The van der Waals surface area contributed by atoms with Crippen LogP contribution in [0, 0.1) is 0 Å². The molecule has 1 fully saturated rings. The number of nitrogens with zero attached hydrogens (tertiary/aromatic N) is 4. The number of amides is 1. The Morgan fingerprint density at radius 2 is 1.90 bits per heavy atom. The average molecular weight is 526 g/mol. The van der Waals surface area contributed by atoms with Gasteiger partial charge in [-0.05, 0) is 62.5 Å². The van der Waals surface area contributed by atoms with Crippen molar-refractivity contribution in [1.82, 2.24) is 20.2 Å². The van der Waals surface area contributed by atoms with Crippen LogP contribution >= 0.6 is 0 Å². The SMILES string of the molecule is CN=C(C1=C(N)CCc2cnc(Nc3ccc(C(=O)NCCN4CCCC4)cc3OC)nc21)c1ccccc1. The Morgan fingerprint density at radius 3 is 2.64 bits per heavy atom. The third-order valence-corrected chi connectivity index (χ3v) is 7.22. The van der Waals surface area contributed by atoms with E-state index in [0.717, 1.165) is 66.3 Å². The molecule has 3 aromatic rings. The van der Waals surface area contributed by atoms with Gasteiger partial charge in [0.05, 0.1) is 24.2 Å². The number of aliphatic imine (C=N–C) groups is 1. The van der Waals surface area contributed by atoms with E-state index in [1.165, 1.54) is 12.8 Å². The number of anilines is 2. The van der Waals surface area contributed by atoms with E-state index < -0.39 is 0 Å². The van der Waals surface area contributed by atoms with Gasteiger partial charge in [0.2, 0.25) is 5.95 Å². The van der Waals surface area contributed by atoms with Crippen molar-refractivity contribution in [1.29, 1.82) is 0 Å². The predicted octanol–water partition coefficient (Wildman–Crippen LogP) is 3.79. The molecular weight excluding hydrogens is 490 g/mol. The van der Waals surface area contributed by atoms with Gasteiger partial charge in [-0.3, -0.25) is 9.79 Å². The minimum Gasteiger partial charge on any atom is -0.495 e. The largest absolute Gasteiger partial charge is 0.495 e. The molecular formula is C30H35N7O2. The summed E-state index contributed by atoms with van der Waals surface area (Å²) < 4.78 is 5.60. The molecule has 2 aromatic carbocycles. The maximum Gasteiger partial charge on any atom is 0.251 e. The lowest BCUT2D eigenvalue weighted by molar-refractivity contribution is 0.0949. The van der Waals surface area contributed by atoms with Crippen LogP contribution in [0.3, 0.4) is 0 Å². The van der Waals surface area contributed by atoms with Crippen molar-refractivity contribution in [3.8, 4) is 5.75 Å². The molecule has 0 saturated carbocycles. The van der Waals surface area contributed by atoms with Gasteiger partial charge < -0.3 is 26.0 Å². The van der Waals surface area contributed by atoms with E-state index >= 15 is 0 Å². The number of benzene rings is 2. The van der Waals surface area contributed by atoms with E-state index in [9.17, 15) is 4.79 Å². The van der Waals surface area contributed by atoms with Crippen LogP contribution in [-0.4, -0.2) is 66.8 Å². The molecule has 2 heterocycles. The molecule has 5 rings (SSSR count). The molecule has 202 valence electrons. The molecule has 1 saturated heterocycles. The van der Waals surface area contributed by atoms with Crippen LogP contribution in [0.15, 0.2) is 65.4 Å². The first-order valence-electron chi connectivity index (χ1n) is 13.4. The zero-order valence-corrected chi connectivity index (χ0v) is 22.5. The van der Waals surface area contributed by atoms with Crippen LogP contribution in [-0.2, 0) is 6.42 Å². The highest BCUT2D eigenvalue weighted by atomic mass is 16.5. The molecule has 4 N–H and O–H groups in total. The van der Waals surface area contributed by atoms with E-state index in [1.54, 1.807) is 26.3 Å². The lowest BCUT2D eigenvalue weighted by Gasteiger charge is -2.22. The molecule has 39 heavy (non-hydrogen) atoms. The Morgan fingerprint density at radius 1 is 1.10 bits per heavy atom. The van der Waals surface area contributed by atoms with E-state index in [-0.39, 0.29) is 5.91 Å². The summed E-state index contributed by atoms with van der Waals surface area (Å²) in [5.74, 6) is 0.811. The van der Waals surface area contributed by atoms with E-state index in [1.807, 2.05) is 42.6 Å². The van der Waals surface area contributed by atoms with Gasteiger partial charge >= 0.3 is 0 Å². The smallest absolute Gasteiger partial charge is 0.251 e. The van der Waals surface area contributed by atoms with Crippen LogP contribution in [0.2, 0.25) is 0 Å². The Hall–Kier alpha value is -4.24. The number of methoxy groups -OCH3 is 1. The highest BCUT2D eigenvalue weighted by molar-refractivity contribution is 6.32. The monoisotopic (exact) mass is 525 g/mol. The number of rotatable bonds is 9. The lowest BCUT2D eigenvalue weighted by atomic mass is 9.88. The molecule has 0 radical (unpaired) electrons. The first kappa shape index (κ1) is 26.4. The van der Waals surface area contributed by atoms with Crippen molar-refractivity contribution in [2.45, 2.75) is 25.7 Å². The van der Waals surface area contributed by atoms with Crippen molar-refractivity contribution in [2.75, 3.05) is 45.7 Å². The van der Waals surface area contributed by atoms with Crippen molar-refractivity contribution in [3.63, 3.8) is 0 Å². The second-order valence-corrected chi connectivity index (χ2v) is 9.75.